The fourth-order valence-corrected chi connectivity index (χ4v) is 2.96. The Hall–Kier alpha value is -3.61. The van der Waals surface area contributed by atoms with E-state index < -0.39 is 0 Å². The summed E-state index contributed by atoms with van der Waals surface area (Å²) in [6.07, 6.45) is 2.36. The third-order valence-corrected chi connectivity index (χ3v) is 4.52. The second-order valence-electron chi connectivity index (χ2n) is 6.37. The first-order chi connectivity index (χ1) is 14.0. The number of hydrogen-bond donors (Lipinski definition) is 2. The summed E-state index contributed by atoms with van der Waals surface area (Å²) in [5.41, 5.74) is 3.80. The van der Waals surface area contributed by atoms with Gasteiger partial charge in [-0.15, -0.1) is 0 Å². The second-order valence-corrected chi connectivity index (χ2v) is 6.37. The molecule has 0 spiro atoms. The van der Waals surface area contributed by atoms with Crippen molar-refractivity contribution in [1.82, 2.24) is 9.97 Å². The van der Waals surface area contributed by atoms with E-state index in [1.54, 1.807) is 38.5 Å². The molecule has 2 aromatic carbocycles. The Balaban J connectivity index is 1.84. The minimum Gasteiger partial charge on any atom is -0.497 e. The minimum absolute atomic E-state index is 0.259. The van der Waals surface area contributed by atoms with Crippen molar-refractivity contribution in [2.45, 2.75) is 20.3 Å². The molecule has 1 heterocycles. The number of amides is 1. The van der Waals surface area contributed by atoms with Gasteiger partial charge in [0.1, 0.15) is 17.2 Å². The maximum Gasteiger partial charge on any atom is 0.274 e. The zero-order valence-corrected chi connectivity index (χ0v) is 16.9. The van der Waals surface area contributed by atoms with Gasteiger partial charge in [0.25, 0.3) is 5.91 Å². The van der Waals surface area contributed by atoms with Crippen molar-refractivity contribution in [3.63, 3.8) is 0 Å². The maximum atomic E-state index is 12.8. The molecular weight excluding hydrogens is 368 g/mol. The van der Waals surface area contributed by atoms with Gasteiger partial charge in [-0.2, -0.15) is 0 Å². The molecule has 3 aromatic rings. The summed E-state index contributed by atoms with van der Waals surface area (Å²) in [5, 5.41) is 6.06. The van der Waals surface area contributed by atoms with Gasteiger partial charge in [-0.25, -0.2) is 9.97 Å². The highest BCUT2D eigenvalue weighted by atomic mass is 16.5. The van der Waals surface area contributed by atoms with Gasteiger partial charge in [-0.05, 0) is 42.7 Å². The van der Waals surface area contributed by atoms with Gasteiger partial charge in [0.2, 0.25) is 5.95 Å². The average molecular weight is 392 g/mol. The first kappa shape index (κ1) is 20.1. The number of benzene rings is 2. The van der Waals surface area contributed by atoms with Crippen LogP contribution in [0.3, 0.4) is 0 Å². The van der Waals surface area contributed by atoms with Crippen LogP contribution in [0.5, 0.6) is 11.5 Å². The van der Waals surface area contributed by atoms with E-state index in [0.717, 1.165) is 23.2 Å². The second kappa shape index (κ2) is 9.05. The van der Waals surface area contributed by atoms with Crippen molar-refractivity contribution in [3.05, 3.63) is 65.5 Å². The molecule has 7 nitrogen and oxygen atoms in total. The minimum atomic E-state index is -0.294. The summed E-state index contributed by atoms with van der Waals surface area (Å²) < 4.78 is 10.6. The lowest BCUT2D eigenvalue weighted by molar-refractivity contribution is 0.102. The first-order valence-electron chi connectivity index (χ1n) is 9.27. The van der Waals surface area contributed by atoms with Crippen LogP contribution in [0.1, 0.15) is 28.5 Å². The largest absolute Gasteiger partial charge is 0.497 e. The number of aryl methyl sites for hydroxylation is 2. The molecule has 150 valence electrons. The number of ether oxygens (including phenoxy) is 2. The highest BCUT2D eigenvalue weighted by Crippen LogP contribution is 2.30. The van der Waals surface area contributed by atoms with Crippen molar-refractivity contribution < 1.29 is 14.3 Å². The monoisotopic (exact) mass is 392 g/mol. The Morgan fingerprint density at radius 2 is 1.93 bits per heavy atom. The summed E-state index contributed by atoms with van der Waals surface area (Å²) in [7, 11) is 3.16. The molecule has 2 N–H and O–H groups in total. The number of carbonyl (C=O) groups excluding carboxylic acids is 1. The summed E-state index contributed by atoms with van der Waals surface area (Å²) in [6.45, 7) is 4.02. The van der Waals surface area contributed by atoms with Crippen molar-refractivity contribution in [3.8, 4) is 11.5 Å². The van der Waals surface area contributed by atoms with E-state index in [0.29, 0.717) is 17.2 Å². The van der Waals surface area contributed by atoms with Gasteiger partial charge in [-0.1, -0.05) is 25.1 Å². The number of para-hydroxylation sites is 1. The zero-order chi connectivity index (χ0) is 20.8. The number of anilines is 3. The van der Waals surface area contributed by atoms with Crippen molar-refractivity contribution in [1.29, 1.82) is 0 Å². The third-order valence-electron chi connectivity index (χ3n) is 4.52. The zero-order valence-electron chi connectivity index (χ0n) is 16.9. The van der Waals surface area contributed by atoms with Gasteiger partial charge in [0, 0.05) is 18.0 Å². The normalized spacial score (nSPS) is 10.3. The molecular formula is C22H24N4O3. The Morgan fingerprint density at radius 1 is 1.10 bits per heavy atom. The molecule has 0 aliphatic heterocycles. The summed E-state index contributed by atoms with van der Waals surface area (Å²) in [4.78, 5) is 21.3. The van der Waals surface area contributed by atoms with E-state index in [1.165, 1.54) is 6.20 Å². The number of nitrogens with zero attached hydrogens (tertiary/aromatic N) is 2. The lowest BCUT2D eigenvalue weighted by atomic mass is 10.1. The molecule has 0 unspecified atom stereocenters. The van der Waals surface area contributed by atoms with Gasteiger partial charge in [0.05, 0.1) is 19.9 Å². The van der Waals surface area contributed by atoms with Crippen LogP contribution in [-0.4, -0.2) is 30.1 Å². The van der Waals surface area contributed by atoms with Crippen LogP contribution >= 0.6 is 0 Å². The lowest BCUT2D eigenvalue weighted by Crippen LogP contribution is -2.16. The summed E-state index contributed by atoms with van der Waals surface area (Å²) in [5.74, 6) is 1.26. The van der Waals surface area contributed by atoms with E-state index in [9.17, 15) is 4.79 Å². The smallest absolute Gasteiger partial charge is 0.274 e. The molecule has 1 aromatic heterocycles. The van der Waals surface area contributed by atoms with Gasteiger partial charge in [0.15, 0.2) is 0 Å². The molecule has 3 rings (SSSR count). The Bertz CT molecular complexity index is 1020. The van der Waals surface area contributed by atoms with Gasteiger partial charge < -0.3 is 20.1 Å². The summed E-state index contributed by atoms with van der Waals surface area (Å²) >= 11 is 0. The van der Waals surface area contributed by atoms with Crippen LogP contribution in [0, 0.1) is 6.92 Å². The Kier molecular flexibility index (Phi) is 6.29. The maximum absolute atomic E-state index is 12.8. The fraction of sp³-hybridized carbons (Fsp3) is 0.227. The van der Waals surface area contributed by atoms with Crippen molar-refractivity contribution >= 4 is 23.2 Å². The van der Waals surface area contributed by atoms with Crippen LogP contribution in [-0.2, 0) is 6.42 Å². The van der Waals surface area contributed by atoms with Crippen molar-refractivity contribution in [2.24, 2.45) is 0 Å². The van der Waals surface area contributed by atoms with E-state index in [-0.39, 0.29) is 17.5 Å². The highest BCUT2D eigenvalue weighted by molar-refractivity contribution is 6.03. The highest BCUT2D eigenvalue weighted by Gasteiger charge is 2.14. The molecule has 0 aliphatic rings. The molecule has 7 heteroatoms. The topological polar surface area (TPSA) is 85.4 Å². The first-order valence-corrected chi connectivity index (χ1v) is 9.27. The number of rotatable bonds is 7. The number of methoxy groups -OCH3 is 2. The molecule has 0 aliphatic carbocycles. The SMILES string of the molecule is CCc1cccc(C)c1NC(=O)c1ccnc(Nc2cc(OC)ccc2OC)n1. The molecule has 0 saturated heterocycles. The third kappa shape index (κ3) is 4.63. The molecule has 29 heavy (non-hydrogen) atoms. The van der Waals surface area contributed by atoms with E-state index in [4.69, 9.17) is 9.47 Å². The molecule has 0 atom stereocenters. The molecule has 1 amide bonds. The quantitative estimate of drug-likeness (QED) is 0.621. The number of nitrogens with one attached hydrogen (secondary N) is 2. The average Bonchev–Trinajstić information content (AvgIpc) is 2.75. The van der Waals surface area contributed by atoms with Gasteiger partial charge in [-0.3, -0.25) is 4.79 Å². The predicted molar refractivity (Wildman–Crippen MR) is 113 cm³/mol. The predicted octanol–water partition coefficient (Wildman–Crippen LogP) is 4.36. The van der Waals surface area contributed by atoms with Crippen LogP contribution in [0.25, 0.3) is 0 Å². The van der Waals surface area contributed by atoms with Crippen molar-refractivity contribution in [2.75, 3.05) is 24.9 Å². The van der Waals surface area contributed by atoms with E-state index in [2.05, 4.69) is 27.5 Å². The Morgan fingerprint density at radius 3 is 2.66 bits per heavy atom. The van der Waals surface area contributed by atoms with Crippen LogP contribution in [0.2, 0.25) is 0 Å². The van der Waals surface area contributed by atoms with Crippen LogP contribution in [0.15, 0.2) is 48.7 Å². The molecule has 0 fully saturated rings. The molecule has 0 radical (unpaired) electrons. The van der Waals surface area contributed by atoms with E-state index in [1.807, 2.05) is 25.1 Å². The van der Waals surface area contributed by atoms with Gasteiger partial charge >= 0.3 is 0 Å². The number of aromatic nitrogens is 2. The standard InChI is InChI=1S/C22H24N4O3/c1-5-15-8-6-7-14(2)20(15)26-21(27)17-11-12-23-22(24-17)25-18-13-16(28-3)9-10-19(18)29-4/h6-13H,5H2,1-4H3,(H,26,27)(H,23,24,25). The molecule has 0 saturated carbocycles. The fourth-order valence-electron chi connectivity index (χ4n) is 2.96. The molecule has 0 bridgehead atoms. The summed E-state index contributed by atoms with van der Waals surface area (Å²) in [6, 6.07) is 12.9. The Labute approximate surface area is 170 Å². The lowest BCUT2D eigenvalue weighted by Gasteiger charge is -2.14. The van der Waals surface area contributed by atoms with Crippen LogP contribution in [0.4, 0.5) is 17.3 Å². The number of carbonyl (C=O) groups is 1. The number of hydrogen-bond acceptors (Lipinski definition) is 6. The van der Waals surface area contributed by atoms with Crippen LogP contribution < -0.4 is 20.1 Å². The van der Waals surface area contributed by atoms with E-state index >= 15 is 0 Å².